The molecule has 0 unspecified atom stereocenters. The summed E-state index contributed by atoms with van der Waals surface area (Å²) in [4.78, 5) is 20.6. The van der Waals surface area contributed by atoms with Crippen LogP contribution in [0.1, 0.15) is 14.9 Å². The van der Waals surface area contributed by atoms with Crippen LogP contribution in [0.2, 0.25) is 0 Å². The molecule has 0 aliphatic heterocycles. The molecule has 0 aromatic carbocycles. The number of imidazole rings is 2. The van der Waals surface area contributed by atoms with Crippen LogP contribution in [0.4, 0.5) is 0 Å². The van der Waals surface area contributed by atoms with Gasteiger partial charge in [-0.05, 0) is 36.4 Å². The summed E-state index contributed by atoms with van der Waals surface area (Å²) in [6, 6.07) is 15.2. The Bertz CT molecular complexity index is 1110. The third kappa shape index (κ3) is 10.5. The van der Waals surface area contributed by atoms with Crippen LogP contribution in [0, 0.1) is 0 Å². The molecule has 0 aliphatic carbocycles. The maximum atomic E-state index is 4.87. The molecule has 5 aromatic heterocycles. The van der Waals surface area contributed by atoms with E-state index >= 15 is 0 Å². The molecule has 0 N–H and O–H groups in total. The van der Waals surface area contributed by atoms with Gasteiger partial charge in [-0.3, -0.25) is 15.0 Å². The van der Waals surface area contributed by atoms with Gasteiger partial charge in [0.25, 0.3) is 0 Å². The van der Waals surface area contributed by atoms with E-state index in [4.69, 9.17) is 4.74 Å². The molecule has 10 heteroatoms. The first-order valence-electron chi connectivity index (χ1n) is 10.0. The normalized spacial score (nSPS) is 8.81. The standard InChI is InChI=1S/2C9H9N3.C6H7NO.2CH4.ClH.Os/c2*1-12-7-6-11-9(12)8-4-2-3-5-10-8;1-8-6-2-4-7-5-3-6;;;;/h2*2-7H,1H3;2-5H,1H3;2*1H4;1H;/q;;;;;;+1/p-1. The fraction of sp³-hybridized carbons (Fsp3) is 0.192. The van der Waals surface area contributed by atoms with Crippen LogP contribution in [0.3, 0.4) is 0 Å². The first-order valence-corrected chi connectivity index (χ1v) is 13.2. The molecular weight excluding hydrogens is 652 g/mol. The van der Waals surface area contributed by atoms with Gasteiger partial charge in [-0.1, -0.05) is 27.0 Å². The van der Waals surface area contributed by atoms with Crippen molar-refractivity contribution in [2.75, 3.05) is 7.11 Å². The van der Waals surface area contributed by atoms with Gasteiger partial charge in [-0.25, -0.2) is 9.97 Å². The predicted molar refractivity (Wildman–Crippen MR) is 143 cm³/mol. The second-order valence-electron chi connectivity index (χ2n) is 6.54. The van der Waals surface area contributed by atoms with Crippen molar-refractivity contribution in [3.05, 3.63) is 98.1 Å². The number of aromatic nitrogens is 7. The molecule has 0 atom stereocenters. The van der Waals surface area contributed by atoms with E-state index in [2.05, 4.69) is 34.6 Å². The molecule has 0 fully saturated rings. The molecule has 0 aliphatic rings. The van der Waals surface area contributed by atoms with Gasteiger partial charge >= 0.3 is 27.2 Å². The number of rotatable bonds is 3. The molecule has 0 radical (unpaired) electrons. The molecule has 193 valence electrons. The van der Waals surface area contributed by atoms with Crippen LogP contribution in [0.15, 0.2) is 98.1 Å². The Morgan fingerprint density at radius 2 is 1.08 bits per heavy atom. The van der Waals surface area contributed by atoms with Crippen molar-refractivity contribution in [2.24, 2.45) is 14.1 Å². The van der Waals surface area contributed by atoms with E-state index in [1.165, 1.54) is 17.6 Å². The monoisotopic (exact) mass is 686 g/mol. The number of hydrogen-bond donors (Lipinski definition) is 0. The molecule has 0 spiro atoms. The van der Waals surface area contributed by atoms with Gasteiger partial charge in [0.2, 0.25) is 0 Å². The fourth-order valence-corrected chi connectivity index (χ4v) is 2.69. The number of pyridine rings is 3. The average Bonchev–Trinajstić information content (AvgIpc) is 3.55. The molecular formula is C26H33ClN7OOs. The second-order valence-corrected chi connectivity index (χ2v) is 6.54. The Morgan fingerprint density at radius 1 is 0.639 bits per heavy atom. The van der Waals surface area contributed by atoms with E-state index in [0.717, 1.165) is 28.8 Å². The van der Waals surface area contributed by atoms with Crippen molar-refractivity contribution in [3.8, 4) is 28.8 Å². The fourth-order valence-electron chi connectivity index (χ4n) is 2.69. The van der Waals surface area contributed by atoms with Crippen molar-refractivity contribution >= 4 is 9.64 Å². The van der Waals surface area contributed by atoms with E-state index in [-0.39, 0.29) is 14.9 Å². The van der Waals surface area contributed by atoms with Crippen LogP contribution in [-0.2, 0) is 31.7 Å². The topological polar surface area (TPSA) is 83.5 Å². The van der Waals surface area contributed by atoms with Crippen LogP contribution in [-0.4, -0.2) is 41.2 Å². The Labute approximate surface area is 228 Å². The Morgan fingerprint density at radius 3 is 1.36 bits per heavy atom. The average molecular weight is 685 g/mol. The summed E-state index contributed by atoms with van der Waals surface area (Å²) in [5.41, 5.74) is 1.81. The molecule has 36 heavy (non-hydrogen) atoms. The Hall–Kier alpha value is -3.40. The zero-order chi connectivity index (χ0) is 24.6. The van der Waals surface area contributed by atoms with Gasteiger partial charge < -0.3 is 13.9 Å². The Balaban J connectivity index is 0.000000489. The van der Waals surface area contributed by atoms with Crippen molar-refractivity contribution in [1.29, 1.82) is 0 Å². The zero-order valence-electron chi connectivity index (χ0n) is 19.0. The van der Waals surface area contributed by atoms with E-state index in [1.807, 2.05) is 72.0 Å². The minimum absolute atomic E-state index is 0. The summed E-state index contributed by atoms with van der Waals surface area (Å²) in [6.45, 7) is 0. The predicted octanol–water partition coefficient (Wildman–Crippen LogP) is 6.01. The minimum atomic E-state index is 0. The molecule has 5 heterocycles. The summed E-state index contributed by atoms with van der Waals surface area (Å²) in [6.07, 6.45) is 14.3. The first kappa shape index (κ1) is 32.6. The van der Waals surface area contributed by atoms with E-state index in [0.29, 0.717) is 0 Å². The van der Waals surface area contributed by atoms with Gasteiger partial charge in [-0.2, -0.15) is 0 Å². The van der Waals surface area contributed by atoms with Gasteiger partial charge in [0.15, 0.2) is 11.6 Å². The van der Waals surface area contributed by atoms with Crippen LogP contribution in [0.5, 0.6) is 5.75 Å². The Kier molecular flexibility index (Phi) is 17.1. The summed E-state index contributed by atoms with van der Waals surface area (Å²) in [5.74, 6) is 2.64. The van der Waals surface area contributed by atoms with Gasteiger partial charge in [0.1, 0.15) is 17.1 Å². The summed E-state index contributed by atoms with van der Waals surface area (Å²) < 4.78 is 8.77. The summed E-state index contributed by atoms with van der Waals surface area (Å²) >= 11 is 1.33. The van der Waals surface area contributed by atoms with Crippen molar-refractivity contribution in [1.82, 2.24) is 34.1 Å². The second kappa shape index (κ2) is 18.9. The number of ether oxygens (including phenoxy) is 1. The summed E-state index contributed by atoms with van der Waals surface area (Å²) in [5, 5.41) is 0. The van der Waals surface area contributed by atoms with Gasteiger partial charge in [0, 0.05) is 63.7 Å². The van der Waals surface area contributed by atoms with Crippen LogP contribution < -0.4 is 4.74 Å². The zero-order valence-corrected chi connectivity index (χ0v) is 22.3. The number of halogens is 1. The van der Waals surface area contributed by atoms with Crippen LogP contribution in [0.25, 0.3) is 23.0 Å². The van der Waals surface area contributed by atoms with E-state index in [9.17, 15) is 0 Å². The third-order valence-corrected chi connectivity index (χ3v) is 4.32. The molecule has 5 aromatic rings. The van der Waals surface area contributed by atoms with Gasteiger partial charge in [-0.15, -0.1) is 0 Å². The molecule has 5 rings (SSSR count). The number of nitrogens with zero attached hydrogens (tertiary/aromatic N) is 7. The van der Waals surface area contributed by atoms with E-state index < -0.39 is 0 Å². The molecule has 0 bridgehead atoms. The SMILES string of the molecule is C.C.COc1ccncc1.Cn1ccnc1-c1ccccn1.Cn1ccnc1-c1ccccn1.[Cl][Os]. The number of methoxy groups -OCH3 is 1. The third-order valence-electron chi connectivity index (χ3n) is 4.32. The first-order chi connectivity index (χ1) is 16.7. The van der Waals surface area contributed by atoms with Crippen molar-refractivity contribution in [2.45, 2.75) is 14.9 Å². The summed E-state index contributed by atoms with van der Waals surface area (Å²) in [7, 11) is 10.2. The van der Waals surface area contributed by atoms with E-state index in [1.54, 1.807) is 56.4 Å². The van der Waals surface area contributed by atoms with Crippen molar-refractivity contribution in [3.63, 3.8) is 0 Å². The number of aryl methyl sites for hydroxylation is 2. The number of hydrogen-bond acceptors (Lipinski definition) is 6. The van der Waals surface area contributed by atoms with Crippen LogP contribution >= 0.6 is 9.64 Å². The molecule has 0 saturated carbocycles. The van der Waals surface area contributed by atoms with Crippen molar-refractivity contribution < 1.29 is 22.3 Å². The quantitative estimate of drug-likeness (QED) is 0.232. The van der Waals surface area contributed by atoms with Gasteiger partial charge in [0.05, 0.1) is 7.11 Å². The maximum absolute atomic E-state index is 4.87. The molecule has 0 saturated heterocycles. The molecule has 8 nitrogen and oxygen atoms in total. The molecule has 0 amide bonds.